The maximum atomic E-state index is 13.1. The van der Waals surface area contributed by atoms with Gasteiger partial charge in [0.1, 0.15) is 11.6 Å². The number of hydrogen-bond donors (Lipinski definition) is 2. The number of nitrogens with one attached hydrogen (secondary N) is 2. The van der Waals surface area contributed by atoms with Crippen molar-refractivity contribution in [3.05, 3.63) is 29.6 Å². The molecule has 0 saturated carbocycles. The zero-order valence-corrected chi connectivity index (χ0v) is 12.0. The molecule has 1 rings (SSSR count). The fourth-order valence-electron chi connectivity index (χ4n) is 1.77. The minimum Gasteiger partial charge on any atom is -0.483 e. The van der Waals surface area contributed by atoms with Crippen molar-refractivity contribution in [1.29, 1.82) is 0 Å². The van der Waals surface area contributed by atoms with Gasteiger partial charge in [0, 0.05) is 25.3 Å². The number of hydrogen-bond acceptors (Lipinski definition) is 4. The van der Waals surface area contributed by atoms with Crippen molar-refractivity contribution in [3.63, 3.8) is 0 Å². The predicted octanol–water partition coefficient (Wildman–Crippen LogP) is 1.07. The van der Waals surface area contributed by atoms with E-state index in [4.69, 9.17) is 9.47 Å². The third-order valence-electron chi connectivity index (χ3n) is 2.57. The molecule has 1 amide bonds. The summed E-state index contributed by atoms with van der Waals surface area (Å²) in [6.07, 6.45) is 0. The first kappa shape index (κ1) is 16.4. The van der Waals surface area contributed by atoms with Gasteiger partial charge in [-0.1, -0.05) is 0 Å². The van der Waals surface area contributed by atoms with Gasteiger partial charge >= 0.3 is 0 Å². The lowest BCUT2D eigenvalue weighted by Crippen LogP contribution is -2.38. The van der Waals surface area contributed by atoms with Gasteiger partial charge in [-0.05, 0) is 32.2 Å². The van der Waals surface area contributed by atoms with E-state index in [2.05, 4.69) is 10.6 Å². The molecule has 5 nitrogen and oxygen atoms in total. The molecule has 2 N–H and O–H groups in total. The maximum Gasteiger partial charge on any atom is 0.258 e. The third kappa shape index (κ3) is 5.54. The molecule has 0 aliphatic rings. The molecule has 0 saturated heterocycles. The number of halogens is 1. The molecule has 6 heteroatoms. The lowest BCUT2D eigenvalue weighted by molar-refractivity contribution is -0.124. The van der Waals surface area contributed by atoms with Gasteiger partial charge in [0.2, 0.25) is 0 Å². The second kappa shape index (κ2) is 8.50. The van der Waals surface area contributed by atoms with E-state index in [0.29, 0.717) is 24.5 Å². The van der Waals surface area contributed by atoms with Crippen LogP contribution >= 0.6 is 0 Å². The Morgan fingerprint density at radius 3 is 2.85 bits per heavy atom. The molecule has 112 valence electrons. The molecule has 0 aromatic heterocycles. The van der Waals surface area contributed by atoms with Gasteiger partial charge in [-0.2, -0.15) is 0 Å². The Morgan fingerprint density at radius 1 is 1.45 bits per heavy atom. The molecular weight excluding hydrogens is 263 g/mol. The van der Waals surface area contributed by atoms with Crippen LogP contribution in [-0.2, 0) is 16.1 Å². The van der Waals surface area contributed by atoms with Crippen molar-refractivity contribution in [2.24, 2.45) is 0 Å². The third-order valence-corrected chi connectivity index (χ3v) is 2.57. The highest BCUT2D eigenvalue weighted by Gasteiger charge is 2.10. The standard InChI is InChI=1S/C14H21FN2O3/c1-10(8-19-3)17-14(18)9-20-13-5-4-12(15)6-11(13)7-16-2/h4-6,10,16H,7-9H2,1-3H3,(H,17,18). The van der Waals surface area contributed by atoms with Crippen LogP contribution in [0.1, 0.15) is 12.5 Å². The van der Waals surface area contributed by atoms with Crippen molar-refractivity contribution >= 4 is 5.91 Å². The molecule has 0 heterocycles. The lowest BCUT2D eigenvalue weighted by atomic mass is 10.2. The maximum absolute atomic E-state index is 13.1. The van der Waals surface area contributed by atoms with Crippen LogP contribution in [0, 0.1) is 5.82 Å². The van der Waals surface area contributed by atoms with Crippen LogP contribution in [0.2, 0.25) is 0 Å². The number of amides is 1. The summed E-state index contributed by atoms with van der Waals surface area (Å²) in [5, 5.41) is 5.66. The van der Waals surface area contributed by atoms with Crippen LogP contribution in [0.15, 0.2) is 18.2 Å². The van der Waals surface area contributed by atoms with Crippen LogP contribution < -0.4 is 15.4 Å². The quantitative estimate of drug-likeness (QED) is 0.750. The minimum absolute atomic E-state index is 0.0823. The molecule has 20 heavy (non-hydrogen) atoms. The molecule has 0 aliphatic heterocycles. The second-order valence-electron chi connectivity index (χ2n) is 4.49. The summed E-state index contributed by atoms with van der Waals surface area (Å²) >= 11 is 0. The normalized spacial score (nSPS) is 12.0. The van der Waals surface area contributed by atoms with Crippen LogP contribution in [0.4, 0.5) is 4.39 Å². The smallest absolute Gasteiger partial charge is 0.258 e. The molecule has 1 unspecified atom stereocenters. The summed E-state index contributed by atoms with van der Waals surface area (Å²) in [4.78, 5) is 11.7. The number of rotatable bonds is 8. The average molecular weight is 284 g/mol. The van der Waals surface area contributed by atoms with E-state index < -0.39 is 0 Å². The fraction of sp³-hybridized carbons (Fsp3) is 0.500. The van der Waals surface area contributed by atoms with E-state index in [1.807, 2.05) is 6.92 Å². The van der Waals surface area contributed by atoms with Gasteiger partial charge in [-0.3, -0.25) is 4.79 Å². The van der Waals surface area contributed by atoms with Gasteiger partial charge in [-0.25, -0.2) is 4.39 Å². The Balaban J connectivity index is 2.54. The van der Waals surface area contributed by atoms with E-state index in [9.17, 15) is 9.18 Å². The highest BCUT2D eigenvalue weighted by atomic mass is 19.1. The molecule has 0 fully saturated rings. The first-order chi connectivity index (χ1) is 9.56. The van der Waals surface area contributed by atoms with E-state index >= 15 is 0 Å². The van der Waals surface area contributed by atoms with E-state index in [-0.39, 0.29) is 24.4 Å². The summed E-state index contributed by atoms with van der Waals surface area (Å²) in [6, 6.07) is 4.13. The largest absolute Gasteiger partial charge is 0.483 e. The molecule has 1 aromatic rings. The molecule has 1 aromatic carbocycles. The van der Waals surface area contributed by atoms with E-state index in [1.165, 1.54) is 18.2 Å². The van der Waals surface area contributed by atoms with Crippen LogP contribution in [0.25, 0.3) is 0 Å². The van der Waals surface area contributed by atoms with Crippen molar-refractivity contribution in [3.8, 4) is 5.75 Å². The van der Waals surface area contributed by atoms with Crippen molar-refractivity contribution in [2.75, 3.05) is 27.4 Å². The van der Waals surface area contributed by atoms with Gasteiger partial charge in [-0.15, -0.1) is 0 Å². The molecule has 0 spiro atoms. The fourth-order valence-corrected chi connectivity index (χ4v) is 1.77. The number of ether oxygens (including phenoxy) is 2. The predicted molar refractivity (Wildman–Crippen MR) is 74.1 cm³/mol. The Morgan fingerprint density at radius 2 is 2.20 bits per heavy atom. The van der Waals surface area contributed by atoms with Gasteiger partial charge in [0.05, 0.1) is 6.61 Å². The SMILES string of the molecule is CNCc1cc(F)ccc1OCC(=O)NC(C)COC. The zero-order valence-electron chi connectivity index (χ0n) is 12.0. The van der Waals surface area contributed by atoms with E-state index in [0.717, 1.165) is 0 Å². The second-order valence-corrected chi connectivity index (χ2v) is 4.49. The van der Waals surface area contributed by atoms with Gasteiger partial charge in [0.25, 0.3) is 5.91 Å². The van der Waals surface area contributed by atoms with Gasteiger partial charge < -0.3 is 20.1 Å². The number of benzene rings is 1. The molecule has 0 aliphatic carbocycles. The van der Waals surface area contributed by atoms with Gasteiger partial charge in [0.15, 0.2) is 6.61 Å². The summed E-state index contributed by atoms with van der Waals surface area (Å²) in [5.41, 5.74) is 0.672. The first-order valence-corrected chi connectivity index (χ1v) is 6.41. The lowest BCUT2D eigenvalue weighted by Gasteiger charge is -2.14. The van der Waals surface area contributed by atoms with Crippen molar-refractivity contribution in [1.82, 2.24) is 10.6 Å². The van der Waals surface area contributed by atoms with Crippen LogP contribution in [-0.4, -0.2) is 39.3 Å². The Labute approximate surface area is 118 Å². The Kier molecular flexibility index (Phi) is 6.97. The summed E-state index contributed by atoms with van der Waals surface area (Å²) < 4.78 is 23.5. The number of methoxy groups -OCH3 is 1. The molecule has 0 radical (unpaired) electrons. The van der Waals surface area contributed by atoms with Crippen LogP contribution in [0.3, 0.4) is 0 Å². The average Bonchev–Trinajstić information content (AvgIpc) is 2.38. The molecule has 1 atom stereocenters. The monoisotopic (exact) mass is 284 g/mol. The summed E-state index contributed by atoms with van der Waals surface area (Å²) in [5.74, 6) is -0.0784. The highest BCUT2D eigenvalue weighted by Crippen LogP contribution is 2.19. The zero-order chi connectivity index (χ0) is 15.0. The topological polar surface area (TPSA) is 59.6 Å². The molecular formula is C14H21FN2O3. The minimum atomic E-state index is -0.333. The molecule has 0 bridgehead atoms. The summed E-state index contributed by atoms with van der Waals surface area (Å²) in [6.45, 7) is 2.63. The summed E-state index contributed by atoms with van der Waals surface area (Å²) in [7, 11) is 3.33. The van der Waals surface area contributed by atoms with Crippen molar-refractivity contribution < 1.29 is 18.7 Å². The number of carbonyl (C=O) groups is 1. The van der Waals surface area contributed by atoms with E-state index in [1.54, 1.807) is 14.2 Å². The van der Waals surface area contributed by atoms with Crippen LogP contribution in [0.5, 0.6) is 5.75 Å². The van der Waals surface area contributed by atoms with Crippen molar-refractivity contribution in [2.45, 2.75) is 19.5 Å². The Hall–Kier alpha value is -1.66. The first-order valence-electron chi connectivity index (χ1n) is 6.41. The number of carbonyl (C=O) groups excluding carboxylic acids is 1. The highest BCUT2D eigenvalue weighted by molar-refractivity contribution is 5.77. The Bertz CT molecular complexity index is 440.